The van der Waals surface area contributed by atoms with Crippen LogP contribution in [0.4, 0.5) is 9.18 Å². The van der Waals surface area contributed by atoms with Crippen molar-refractivity contribution >= 4 is 44.6 Å². The smallest absolute Gasteiger partial charge is 0.408 e. The van der Waals surface area contributed by atoms with Crippen molar-refractivity contribution in [3.63, 3.8) is 0 Å². The van der Waals surface area contributed by atoms with E-state index in [2.05, 4.69) is 27.3 Å². The van der Waals surface area contributed by atoms with Gasteiger partial charge >= 0.3 is 6.09 Å². The average Bonchev–Trinajstić information content (AvgIpc) is 4.02. The Bertz CT molecular complexity index is 1950. The Balaban J connectivity index is 1.35. The number of pyridine rings is 1. The maximum absolute atomic E-state index is 15.2. The van der Waals surface area contributed by atoms with Crippen LogP contribution in [0.5, 0.6) is 11.6 Å². The summed E-state index contributed by atoms with van der Waals surface area (Å²) < 4.78 is 60.1. The summed E-state index contributed by atoms with van der Waals surface area (Å²) in [6.07, 6.45) is 6.54. The Morgan fingerprint density at radius 1 is 1.07 bits per heavy atom. The number of rotatable bonds is 7. The molecule has 3 fully saturated rings. The van der Waals surface area contributed by atoms with Crippen LogP contribution >= 0.6 is 0 Å². The molecular formula is C38H50FN5O9S. The van der Waals surface area contributed by atoms with E-state index >= 15 is 4.39 Å². The molecule has 0 bridgehead atoms. The average molecular weight is 772 g/mol. The van der Waals surface area contributed by atoms with E-state index in [0.717, 1.165) is 6.42 Å². The lowest BCUT2D eigenvalue weighted by Gasteiger charge is -2.33. The third-order valence-electron chi connectivity index (χ3n) is 10.6. The molecule has 3 N–H and O–H groups in total. The highest BCUT2D eigenvalue weighted by Gasteiger charge is 2.62. The number of ether oxygens (including phenoxy) is 3. The van der Waals surface area contributed by atoms with Gasteiger partial charge in [0.25, 0.3) is 5.91 Å². The lowest BCUT2D eigenvalue weighted by molar-refractivity contribution is -0.142. The van der Waals surface area contributed by atoms with Crippen LogP contribution in [0.15, 0.2) is 36.5 Å². The fraction of sp³-hybridized carbons (Fsp3) is 0.605. The Morgan fingerprint density at radius 2 is 1.81 bits per heavy atom. The van der Waals surface area contributed by atoms with Crippen molar-refractivity contribution in [2.45, 2.75) is 114 Å². The number of halogens is 1. The summed E-state index contributed by atoms with van der Waals surface area (Å²) in [4.78, 5) is 61.7. The number of hydrogen-bond donors (Lipinski definition) is 3. The van der Waals surface area contributed by atoms with Gasteiger partial charge in [0, 0.05) is 29.3 Å². The molecule has 4 aliphatic rings. The first kappa shape index (κ1) is 39.2. The third-order valence-corrected chi connectivity index (χ3v) is 12.4. The minimum absolute atomic E-state index is 0.0387. The van der Waals surface area contributed by atoms with Gasteiger partial charge in [-0.25, -0.2) is 22.6 Å². The summed E-state index contributed by atoms with van der Waals surface area (Å²) in [5, 5.41) is 5.51. The van der Waals surface area contributed by atoms with E-state index in [4.69, 9.17) is 14.2 Å². The van der Waals surface area contributed by atoms with Gasteiger partial charge in [0.2, 0.25) is 27.7 Å². The highest BCUT2D eigenvalue weighted by Crippen LogP contribution is 2.46. The second kappa shape index (κ2) is 15.0. The van der Waals surface area contributed by atoms with Gasteiger partial charge in [-0.1, -0.05) is 26.0 Å². The van der Waals surface area contributed by atoms with E-state index in [-0.39, 0.29) is 48.2 Å². The van der Waals surface area contributed by atoms with Crippen LogP contribution in [0.1, 0.15) is 79.6 Å². The largest absolute Gasteiger partial charge is 0.494 e. The van der Waals surface area contributed by atoms with Crippen molar-refractivity contribution in [1.82, 2.24) is 25.2 Å². The number of methoxy groups -OCH3 is 1. The summed E-state index contributed by atoms with van der Waals surface area (Å²) in [5.41, 5.74) is -2.40. The molecule has 1 unspecified atom stereocenters. The van der Waals surface area contributed by atoms with E-state index in [1.807, 2.05) is 19.1 Å². The molecule has 2 aliphatic heterocycles. The van der Waals surface area contributed by atoms with Crippen molar-refractivity contribution in [2.75, 3.05) is 13.7 Å². The Kier molecular flexibility index (Phi) is 10.9. The standard InChI is InChI=1S/C38H50FN5O9S/c1-21-9-7-8-10-23-19-38(23,35(47)43-54(49,50)25-11-12-25)42-32(45)28-18-24(52-33-27-13-14-29(51-6)30(39)26(27)15-16-40-33)20-44(28)34(46)31(22(2)17-21)41-36(48)53-37(3,4)5/h8,10,13-16,21-25,28,31H,7,9,11-12,17-20H2,1-6H3,(H,41,48)(H,42,45)(H,43,47)/b10-8-/t21-,22-,23?,24-,28+,31+,38-/m1/s1. The third kappa shape index (κ3) is 8.42. The number of aromatic nitrogens is 1. The second-order valence-electron chi connectivity index (χ2n) is 16.2. The van der Waals surface area contributed by atoms with Crippen LogP contribution in [0.25, 0.3) is 10.8 Å². The molecule has 54 heavy (non-hydrogen) atoms. The Labute approximate surface area is 315 Å². The molecule has 7 atom stereocenters. The number of allylic oxidation sites excluding steroid dienone is 1. The van der Waals surface area contributed by atoms with Gasteiger partial charge in [-0.3, -0.25) is 19.1 Å². The van der Waals surface area contributed by atoms with E-state index < -0.39 is 80.2 Å². The molecular weight excluding hydrogens is 722 g/mol. The summed E-state index contributed by atoms with van der Waals surface area (Å²) in [7, 11) is -2.57. The Hall–Kier alpha value is -4.47. The fourth-order valence-electron chi connectivity index (χ4n) is 7.51. The number of hydrogen-bond acceptors (Lipinski definition) is 10. The molecule has 2 saturated carbocycles. The van der Waals surface area contributed by atoms with Crippen LogP contribution in [0.3, 0.4) is 0 Å². The van der Waals surface area contributed by atoms with Crippen LogP contribution in [-0.2, 0) is 29.1 Å². The van der Waals surface area contributed by atoms with Gasteiger partial charge in [-0.2, -0.15) is 0 Å². The number of amides is 4. The topological polar surface area (TPSA) is 182 Å². The molecule has 14 nitrogen and oxygen atoms in total. The number of carbonyl (C=O) groups is 4. The van der Waals surface area contributed by atoms with Gasteiger partial charge in [0.05, 0.1) is 18.9 Å². The van der Waals surface area contributed by atoms with Crippen LogP contribution in [0, 0.1) is 23.6 Å². The second-order valence-corrected chi connectivity index (χ2v) is 18.1. The molecule has 1 saturated heterocycles. The number of benzene rings is 1. The maximum atomic E-state index is 15.2. The molecule has 2 aliphatic carbocycles. The van der Waals surface area contributed by atoms with Gasteiger partial charge in [0.15, 0.2) is 11.6 Å². The first-order chi connectivity index (χ1) is 25.4. The molecule has 1 aromatic heterocycles. The fourth-order valence-corrected chi connectivity index (χ4v) is 8.88. The zero-order valence-electron chi connectivity index (χ0n) is 31.5. The number of nitrogens with zero attached hydrogens (tertiary/aromatic N) is 2. The summed E-state index contributed by atoms with van der Waals surface area (Å²) in [6, 6.07) is 2.25. The van der Waals surface area contributed by atoms with Crippen molar-refractivity contribution < 1.29 is 46.2 Å². The lowest BCUT2D eigenvalue weighted by atomic mass is 9.88. The number of nitrogens with one attached hydrogen (secondary N) is 3. The van der Waals surface area contributed by atoms with E-state index in [1.165, 1.54) is 30.3 Å². The number of carbonyl (C=O) groups excluding carboxylic acids is 4. The van der Waals surface area contributed by atoms with Crippen molar-refractivity contribution in [3.8, 4) is 11.6 Å². The zero-order valence-corrected chi connectivity index (χ0v) is 32.3. The molecule has 0 spiro atoms. The van der Waals surface area contributed by atoms with Crippen molar-refractivity contribution in [1.29, 1.82) is 0 Å². The molecule has 4 amide bonds. The number of fused-ring (bicyclic) bond motifs is 3. The monoisotopic (exact) mass is 771 g/mol. The quantitative estimate of drug-likeness (QED) is 0.347. The first-order valence-corrected chi connectivity index (χ1v) is 20.1. The molecule has 16 heteroatoms. The predicted molar refractivity (Wildman–Crippen MR) is 196 cm³/mol. The molecule has 1 aromatic carbocycles. The van der Waals surface area contributed by atoms with Crippen LogP contribution in [0.2, 0.25) is 0 Å². The lowest BCUT2D eigenvalue weighted by Crippen LogP contribution is -2.59. The minimum atomic E-state index is -3.92. The van der Waals surface area contributed by atoms with Crippen LogP contribution in [-0.4, -0.2) is 90.3 Å². The Morgan fingerprint density at radius 3 is 2.50 bits per heavy atom. The van der Waals surface area contributed by atoms with Gasteiger partial charge in [-0.15, -0.1) is 0 Å². The number of alkyl carbamates (subject to hydrolysis) is 1. The minimum Gasteiger partial charge on any atom is -0.494 e. The predicted octanol–water partition coefficient (Wildman–Crippen LogP) is 4.12. The van der Waals surface area contributed by atoms with Gasteiger partial charge in [0.1, 0.15) is 29.3 Å². The number of sulfonamides is 1. The molecule has 0 radical (unpaired) electrons. The highest BCUT2D eigenvalue weighted by molar-refractivity contribution is 7.91. The SMILES string of the molecule is COc1ccc2c(O[C@@H]3C[C@H]4C(=O)N[C@]5(C(=O)NS(=O)(=O)C6CC6)CC5/C=C\CC[C@@H](C)C[C@@H](C)[C@H](NC(=O)OC(C)(C)C)C(=O)N4C3)nccc2c1F. The maximum Gasteiger partial charge on any atom is 0.408 e. The first-order valence-electron chi connectivity index (χ1n) is 18.5. The molecule has 3 heterocycles. The van der Waals surface area contributed by atoms with Crippen molar-refractivity contribution in [2.24, 2.45) is 17.8 Å². The van der Waals surface area contributed by atoms with E-state index in [0.29, 0.717) is 31.1 Å². The van der Waals surface area contributed by atoms with Gasteiger partial charge < -0.3 is 29.7 Å². The highest BCUT2D eigenvalue weighted by atomic mass is 32.2. The molecule has 6 rings (SSSR count). The van der Waals surface area contributed by atoms with E-state index in [1.54, 1.807) is 26.8 Å². The van der Waals surface area contributed by atoms with E-state index in [9.17, 15) is 27.6 Å². The normalized spacial score (nSPS) is 29.8. The molecule has 2 aromatic rings. The summed E-state index contributed by atoms with van der Waals surface area (Å²) in [5.74, 6) is -3.27. The summed E-state index contributed by atoms with van der Waals surface area (Å²) in [6.45, 7) is 8.94. The summed E-state index contributed by atoms with van der Waals surface area (Å²) >= 11 is 0. The van der Waals surface area contributed by atoms with Crippen LogP contribution < -0.4 is 24.8 Å². The van der Waals surface area contributed by atoms with Crippen molar-refractivity contribution in [3.05, 3.63) is 42.4 Å². The zero-order chi connectivity index (χ0) is 39.2. The van der Waals surface area contributed by atoms with Gasteiger partial charge in [-0.05, 0) is 89.3 Å². The molecule has 294 valence electrons.